The Kier molecular flexibility index (Phi) is 7.74. The summed E-state index contributed by atoms with van der Waals surface area (Å²) in [7, 11) is -6.26. The minimum Gasteiger partial charge on any atom is -0.388 e. The third-order valence-corrected chi connectivity index (χ3v) is 6.84. The van der Waals surface area contributed by atoms with E-state index in [1.165, 1.54) is 6.07 Å². The number of hydrogen-bond acceptors (Lipinski definition) is 12. The lowest BCUT2D eigenvalue weighted by Crippen LogP contribution is -2.02. The molecule has 0 radical (unpaired) electrons. The van der Waals surface area contributed by atoms with E-state index in [0.717, 1.165) is 23.9 Å². The largest absolute Gasteiger partial charge is 0.388 e. The number of nitrogens with one attached hydrogen (secondary N) is 2. The molecule has 16 heteroatoms. The molecule has 13 nitrogen and oxygen atoms in total. The maximum absolute atomic E-state index is 12.0. The third-order valence-electron chi connectivity index (χ3n) is 4.50. The lowest BCUT2D eigenvalue weighted by molar-refractivity contribution is -0.432. The van der Waals surface area contributed by atoms with Gasteiger partial charge in [-0.25, -0.2) is 5.26 Å². The molecule has 0 aliphatic rings. The number of hydrogen-bond donors (Lipinski definition) is 5. The van der Waals surface area contributed by atoms with Crippen LogP contribution in [0.1, 0.15) is 0 Å². The van der Waals surface area contributed by atoms with E-state index in [1.54, 1.807) is 32.3 Å². The van der Waals surface area contributed by atoms with Crippen LogP contribution in [0.25, 0.3) is 10.8 Å². The van der Waals surface area contributed by atoms with Crippen LogP contribution in [-0.2, 0) is 29.6 Å². The highest BCUT2D eigenvalue weighted by Gasteiger charge is 2.22. The Morgan fingerprint density at radius 1 is 0.853 bits per heavy atom. The molecule has 0 aromatic heterocycles. The summed E-state index contributed by atoms with van der Waals surface area (Å²) in [6.45, 7) is 0. The van der Waals surface area contributed by atoms with Gasteiger partial charge in [0.15, 0.2) is 0 Å². The molecule has 5 N–H and O–H groups in total. The normalized spacial score (nSPS) is 12.4. The molecular formula is C18H18N4O9S3. The van der Waals surface area contributed by atoms with Crippen LogP contribution < -0.4 is 10.6 Å². The van der Waals surface area contributed by atoms with Crippen LogP contribution in [0.3, 0.4) is 0 Å². The minimum absolute atomic E-state index is 0.0139. The topological polar surface area (TPSA) is 196 Å². The third kappa shape index (κ3) is 5.80. The van der Waals surface area contributed by atoms with Crippen molar-refractivity contribution in [2.24, 2.45) is 10.2 Å². The lowest BCUT2D eigenvalue weighted by Gasteiger charge is -2.11. The summed E-state index contributed by atoms with van der Waals surface area (Å²) in [5.74, 6) is 0. The fourth-order valence-electron chi connectivity index (χ4n) is 3.01. The van der Waals surface area contributed by atoms with Gasteiger partial charge < -0.3 is 10.6 Å². The first-order valence-electron chi connectivity index (χ1n) is 9.10. The van der Waals surface area contributed by atoms with Gasteiger partial charge in [0.2, 0.25) is 0 Å². The van der Waals surface area contributed by atoms with Gasteiger partial charge in [0, 0.05) is 30.1 Å². The Hall–Kier alpha value is -2.83. The molecule has 34 heavy (non-hydrogen) atoms. The summed E-state index contributed by atoms with van der Waals surface area (Å²) in [6, 6.07) is 9.32. The zero-order chi connectivity index (χ0) is 25.1. The van der Waals surface area contributed by atoms with Crippen LogP contribution in [0.5, 0.6) is 0 Å². The summed E-state index contributed by atoms with van der Waals surface area (Å²) in [6.07, 6.45) is 0. The Morgan fingerprint density at radius 3 is 2.12 bits per heavy atom. The van der Waals surface area contributed by atoms with E-state index < -0.39 is 30.0 Å². The number of benzene rings is 3. The summed E-state index contributed by atoms with van der Waals surface area (Å²) in [5, 5.41) is 25.5. The van der Waals surface area contributed by atoms with Gasteiger partial charge >= 0.3 is 0 Å². The Morgan fingerprint density at radius 2 is 1.53 bits per heavy atom. The van der Waals surface area contributed by atoms with E-state index in [0.29, 0.717) is 23.4 Å². The van der Waals surface area contributed by atoms with E-state index in [2.05, 4.69) is 30.2 Å². The summed E-state index contributed by atoms with van der Waals surface area (Å²) in [4.78, 5) is -1.25. The second kappa shape index (κ2) is 10.2. The number of rotatable bonds is 9. The van der Waals surface area contributed by atoms with E-state index in [4.69, 9.17) is 5.26 Å². The molecular weight excluding hydrogens is 512 g/mol. The van der Waals surface area contributed by atoms with E-state index >= 15 is 0 Å². The highest BCUT2D eigenvalue weighted by Crippen LogP contribution is 2.38. The minimum atomic E-state index is -4.83. The van der Waals surface area contributed by atoms with Crippen molar-refractivity contribution in [2.45, 2.75) is 14.7 Å². The highest BCUT2D eigenvalue weighted by atomic mass is 32.2. The standard InChI is InChI=1S/C18H18N4O9S3/c1-19-11-3-4-14(15(7-11)20-2)21-22-16-9-13-10(6-18(16)34(27,28)29)5-12(32-31-30-23)8-17(13)33(24,25)26/h3-9,19-20,23H,1-2H3,(H,24,25,26)(H,27,28,29). The molecule has 0 heterocycles. The second-order valence-electron chi connectivity index (χ2n) is 6.57. The number of anilines is 2. The van der Waals surface area contributed by atoms with Gasteiger partial charge in [0.05, 0.1) is 17.7 Å². The number of azo groups is 1. The van der Waals surface area contributed by atoms with Crippen LogP contribution in [0.2, 0.25) is 0 Å². The zero-order valence-corrected chi connectivity index (χ0v) is 19.9. The Labute approximate surface area is 198 Å². The van der Waals surface area contributed by atoms with Gasteiger partial charge in [-0.1, -0.05) is 5.04 Å². The van der Waals surface area contributed by atoms with Crippen molar-refractivity contribution in [3.63, 3.8) is 0 Å². The molecule has 3 aromatic carbocycles. The van der Waals surface area contributed by atoms with Crippen molar-refractivity contribution in [3.05, 3.63) is 42.5 Å². The Bertz CT molecular complexity index is 1480. The van der Waals surface area contributed by atoms with E-state index in [-0.39, 0.29) is 21.4 Å². The van der Waals surface area contributed by atoms with Crippen molar-refractivity contribution in [3.8, 4) is 0 Å². The maximum atomic E-state index is 12.0. The molecule has 0 saturated heterocycles. The zero-order valence-electron chi connectivity index (χ0n) is 17.5. The molecule has 0 aliphatic carbocycles. The molecule has 0 spiro atoms. The molecule has 0 atom stereocenters. The fraction of sp³-hybridized carbons (Fsp3) is 0.111. The Balaban J connectivity index is 2.26. The maximum Gasteiger partial charge on any atom is 0.296 e. The molecule has 0 amide bonds. The van der Waals surface area contributed by atoms with Crippen molar-refractivity contribution in [1.29, 1.82) is 0 Å². The van der Waals surface area contributed by atoms with Gasteiger partial charge in [-0.05, 0) is 47.9 Å². The molecule has 0 saturated carbocycles. The first-order chi connectivity index (χ1) is 16.0. The predicted molar refractivity (Wildman–Crippen MR) is 124 cm³/mol. The average molecular weight is 531 g/mol. The highest BCUT2D eigenvalue weighted by molar-refractivity contribution is 7.94. The van der Waals surface area contributed by atoms with Crippen LogP contribution in [0.15, 0.2) is 67.4 Å². The van der Waals surface area contributed by atoms with E-state index in [1.807, 2.05) is 0 Å². The molecule has 0 bridgehead atoms. The van der Waals surface area contributed by atoms with Crippen LogP contribution >= 0.6 is 12.0 Å². The molecule has 0 fully saturated rings. The first-order valence-corrected chi connectivity index (χ1v) is 12.7. The van der Waals surface area contributed by atoms with Crippen LogP contribution in [0.4, 0.5) is 22.7 Å². The van der Waals surface area contributed by atoms with Crippen molar-refractivity contribution in [2.75, 3.05) is 24.7 Å². The lowest BCUT2D eigenvalue weighted by atomic mass is 10.1. The van der Waals surface area contributed by atoms with Crippen LogP contribution in [0, 0.1) is 0 Å². The second-order valence-corrected chi connectivity index (χ2v) is 10.1. The quantitative estimate of drug-likeness (QED) is 0.0867. The predicted octanol–water partition coefficient (Wildman–Crippen LogP) is 4.26. The average Bonchev–Trinajstić information content (AvgIpc) is 2.78. The summed E-state index contributed by atoms with van der Waals surface area (Å²) < 4.78 is 71.7. The van der Waals surface area contributed by atoms with Gasteiger partial charge in [0.25, 0.3) is 20.2 Å². The van der Waals surface area contributed by atoms with Gasteiger partial charge in [0.1, 0.15) is 21.2 Å². The van der Waals surface area contributed by atoms with Crippen molar-refractivity contribution >= 4 is 65.8 Å². The van der Waals surface area contributed by atoms with Crippen molar-refractivity contribution < 1.29 is 40.6 Å². The van der Waals surface area contributed by atoms with Gasteiger partial charge in [-0.3, -0.25) is 9.11 Å². The summed E-state index contributed by atoms with van der Waals surface area (Å²) >= 11 is 0.384. The molecule has 182 valence electrons. The summed E-state index contributed by atoms with van der Waals surface area (Å²) in [5.41, 5.74) is 1.27. The first kappa shape index (κ1) is 25.8. The van der Waals surface area contributed by atoms with E-state index in [9.17, 15) is 25.9 Å². The molecule has 0 unspecified atom stereocenters. The SMILES string of the molecule is CNc1ccc(N=Nc2cc3c(S(=O)(=O)O)cc(SOOO)cc3cc2S(=O)(=O)O)c(NC)c1. The smallest absolute Gasteiger partial charge is 0.296 e. The molecule has 3 aromatic rings. The van der Waals surface area contributed by atoms with Gasteiger partial charge in [-0.2, -0.15) is 16.8 Å². The molecule has 3 rings (SSSR count). The monoisotopic (exact) mass is 530 g/mol. The van der Waals surface area contributed by atoms with Crippen molar-refractivity contribution in [1.82, 2.24) is 0 Å². The van der Waals surface area contributed by atoms with Crippen LogP contribution in [-0.4, -0.2) is 45.3 Å². The number of nitrogens with zero attached hydrogens (tertiary/aromatic N) is 2. The number of fused-ring (bicyclic) bond motifs is 1. The van der Waals surface area contributed by atoms with Gasteiger partial charge in [-0.15, -0.1) is 14.6 Å². The fourth-order valence-corrected chi connectivity index (χ4v) is 4.90. The molecule has 0 aliphatic heterocycles.